The molecule has 8 nitrogen and oxygen atoms in total. The number of likely N-dealkylation sites (tertiary alicyclic amines) is 1. The van der Waals surface area contributed by atoms with E-state index >= 15 is 0 Å². The predicted molar refractivity (Wildman–Crippen MR) is 80.8 cm³/mol. The maximum atomic E-state index is 12.3. The number of carboxylic acid groups (broad SMARTS) is 1. The van der Waals surface area contributed by atoms with Crippen molar-refractivity contribution in [3.05, 3.63) is 34.6 Å². The van der Waals surface area contributed by atoms with Gasteiger partial charge in [-0.05, 0) is 25.0 Å². The summed E-state index contributed by atoms with van der Waals surface area (Å²) in [5, 5.41) is 17.3. The Balaban J connectivity index is 1.73. The number of aromatic nitrogens is 3. The minimum absolute atomic E-state index is 0.0245. The van der Waals surface area contributed by atoms with E-state index in [9.17, 15) is 14.4 Å². The molecule has 0 radical (unpaired) electrons. The Morgan fingerprint density at radius 2 is 2.09 bits per heavy atom. The molecule has 120 valence electrons. The van der Waals surface area contributed by atoms with Crippen LogP contribution in [0, 0.1) is 0 Å². The van der Waals surface area contributed by atoms with E-state index in [1.54, 1.807) is 24.3 Å². The molecule has 0 saturated carbocycles. The second kappa shape index (κ2) is 6.15. The Hall–Kier alpha value is -2.77. The van der Waals surface area contributed by atoms with Crippen LogP contribution in [0.2, 0.25) is 0 Å². The van der Waals surface area contributed by atoms with Crippen molar-refractivity contribution < 1.29 is 14.7 Å². The fourth-order valence-corrected chi connectivity index (χ4v) is 2.84. The molecule has 3 rings (SSSR count). The molecule has 1 atom stereocenters. The molecule has 0 spiro atoms. The van der Waals surface area contributed by atoms with Crippen LogP contribution < -0.4 is 5.56 Å². The molecule has 1 aromatic heterocycles. The zero-order valence-electron chi connectivity index (χ0n) is 12.4. The van der Waals surface area contributed by atoms with Gasteiger partial charge in [0, 0.05) is 13.0 Å². The number of aliphatic carboxylic acids is 1. The summed E-state index contributed by atoms with van der Waals surface area (Å²) in [7, 11) is 0. The van der Waals surface area contributed by atoms with Gasteiger partial charge < -0.3 is 10.0 Å². The molecule has 1 unspecified atom stereocenters. The van der Waals surface area contributed by atoms with Crippen LogP contribution >= 0.6 is 0 Å². The second-order valence-electron chi connectivity index (χ2n) is 5.47. The molecule has 2 heterocycles. The summed E-state index contributed by atoms with van der Waals surface area (Å²) in [6.07, 6.45) is 1.17. The lowest BCUT2D eigenvalue weighted by Crippen LogP contribution is -2.41. The molecular weight excluding hydrogens is 300 g/mol. The number of amides is 1. The van der Waals surface area contributed by atoms with E-state index in [0.717, 1.165) is 4.68 Å². The normalized spacial score (nSPS) is 17.6. The molecule has 1 aromatic carbocycles. The first-order chi connectivity index (χ1) is 11.1. The highest BCUT2D eigenvalue weighted by molar-refractivity contribution is 5.84. The monoisotopic (exact) mass is 316 g/mol. The van der Waals surface area contributed by atoms with Crippen molar-refractivity contribution in [2.24, 2.45) is 0 Å². The van der Waals surface area contributed by atoms with Crippen LogP contribution in [0.1, 0.15) is 19.3 Å². The van der Waals surface area contributed by atoms with Crippen molar-refractivity contribution in [1.29, 1.82) is 0 Å². The Kier molecular flexibility index (Phi) is 4.05. The van der Waals surface area contributed by atoms with E-state index in [4.69, 9.17) is 5.11 Å². The van der Waals surface area contributed by atoms with Crippen molar-refractivity contribution >= 4 is 22.8 Å². The summed E-state index contributed by atoms with van der Waals surface area (Å²) in [6, 6.07) is 6.10. The van der Waals surface area contributed by atoms with Crippen LogP contribution in [0.4, 0.5) is 0 Å². The van der Waals surface area contributed by atoms with Crippen molar-refractivity contribution in [3.63, 3.8) is 0 Å². The van der Waals surface area contributed by atoms with Crippen LogP contribution in [-0.2, 0) is 16.1 Å². The molecule has 1 amide bonds. The molecule has 1 saturated heterocycles. The highest BCUT2D eigenvalue weighted by atomic mass is 16.4. The zero-order valence-corrected chi connectivity index (χ0v) is 12.4. The summed E-state index contributed by atoms with van der Waals surface area (Å²) in [5.74, 6) is -1.27. The van der Waals surface area contributed by atoms with Crippen LogP contribution in [0.15, 0.2) is 29.1 Å². The van der Waals surface area contributed by atoms with Crippen LogP contribution in [0.25, 0.3) is 10.9 Å². The van der Waals surface area contributed by atoms with Crippen LogP contribution in [0.3, 0.4) is 0 Å². The first-order valence-corrected chi connectivity index (χ1v) is 7.43. The number of carbonyl (C=O) groups is 2. The van der Waals surface area contributed by atoms with Crippen molar-refractivity contribution in [2.45, 2.75) is 31.8 Å². The predicted octanol–water partition coefficient (Wildman–Crippen LogP) is 0.257. The molecule has 8 heteroatoms. The van der Waals surface area contributed by atoms with Gasteiger partial charge in [-0.3, -0.25) is 9.59 Å². The van der Waals surface area contributed by atoms with Gasteiger partial charge in [-0.1, -0.05) is 17.3 Å². The number of hydrogen-bond acceptors (Lipinski definition) is 5. The smallest absolute Gasteiger partial charge is 0.326 e. The fraction of sp³-hybridized carbons (Fsp3) is 0.400. The number of carbonyl (C=O) groups excluding carboxylic acids is 1. The van der Waals surface area contributed by atoms with E-state index in [2.05, 4.69) is 10.3 Å². The van der Waals surface area contributed by atoms with Gasteiger partial charge >= 0.3 is 5.97 Å². The molecule has 0 aliphatic carbocycles. The average molecular weight is 316 g/mol. The lowest BCUT2D eigenvalue weighted by atomic mass is 10.2. The fourth-order valence-electron chi connectivity index (χ4n) is 2.84. The molecule has 1 aliphatic heterocycles. The number of rotatable bonds is 4. The Labute approximate surface area is 131 Å². The second-order valence-corrected chi connectivity index (χ2v) is 5.47. The number of fused-ring (bicyclic) bond motifs is 1. The molecule has 1 N–H and O–H groups in total. The Bertz CT molecular complexity index is 816. The van der Waals surface area contributed by atoms with Gasteiger partial charge in [0.15, 0.2) is 0 Å². The lowest BCUT2D eigenvalue weighted by molar-refractivity contribution is -0.148. The number of benzene rings is 1. The maximum absolute atomic E-state index is 12.3. The molecular formula is C15H16N4O4. The minimum atomic E-state index is -0.987. The highest BCUT2D eigenvalue weighted by Crippen LogP contribution is 2.18. The van der Waals surface area contributed by atoms with E-state index in [-0.39, 0.29) is 24.4 Å². The minimum Gasteiger partial charge on any atom is -0.480 e. The Morgan fingerprint density at radius 1 is 1.30 bits per heavy atom. The summed E-state index contributed by atoms with van der Waals surface area (Å²) >= 11 is 0. The van der Waals surface area contributed by atoms with Gasteiger partial charge in [-0.25, -0.2) is 9.48 Å². The molecule has 23 heavy (non-hydrogen) atoms. The summed E-state index contributed by atoms with van der Waals surface area (Å²) in [6.45, 7) is 0.520. The van der Waals surface area contributed by atoms with Gasteiger partial charge in [0.1, 0.15) is 11.6 Å². The van der Waals surface area contributed by atoms with Crippen molar-refractivity contribution in [3.8, 4) is 0 Å². The largest absolute Gasteiger partial charge is 0.480 e. The van der Waals surface area contributed by atoms with E-state index < -0.39 is 12.0 Å². The summed E-state index contributed by atoms with van der Waals surface area (Å²) in [5.41, 5.74) is 0.199. The van der Waals surface area contributed by atoms with Crippen molar-refractivity contribution in [1.82, 2.24) is 19.9 Å². The highest BCUT2D eigenvalue weighted by Gasteiger charge is 2.33. The van der Waals surface area contributed by atoms with Crippen molar-refractivity contribution in [2.75, 3.05) is 6.54 Å². The maximum Gasteiger partial charge on any atom is 0.326 e. The van der Waals surface area contributed by atoms with E-state index in [1.165, 1.54) is 4.90 Å². The molecule has 0 bridgehead atoms. The third-order valence-electron chi connectivity index (χ3n) is 4.02. The standard InChI is InChI=1S/C15H16N4O4/c20-13(18-8-3-6-12(18)15(22)23)7-9-19-14(21)10-4-1-2-5-11(10)16-17-19/h1-2,4-5,12H,3,6-9H2,(H,22,23). The molecule has 2 aromatic rings. The average Bonchev–Trinajstić information content (AvgIpc) is 3.04. The Morgan fingerprint density at radius 3 is 2.87 bits per heavy atom. The third kappa shape index (κ3) is 2.92. The van der Waals surface area contributed by atoms with E-state index in [0.29, 0.717) is 30.3 Å². The number of aryl methyl sites for hydroxylation is 1. The van der Waals surface area contributed by atoms with Gasteiger partial charge in [-0.2, -0.15) is 0 Å². The quantitative estimate of drug-likeness (QED) is 0.867. The number of carboxylic acids is 1. The number of nitrogens with zero attached hydrogens (tertiary/aromatic N) is 4. The van der Waals surface area contributed by atoms with Gasteiger partial charge in [0.25, 0.3) is 5.56 Å². The summed E-state index contributed by atoms with van der Waals surface area (Å²) < 4.78 is 1.14. The van der Waals surface area contributed by atoms with Gasteiger partial charge in [-0.15, -0.1) is 5.10 Å². The van der Waals surface area contributed by atoms with E-state index in [1.807, 2.05) is 0 Å². The third-order valence-corrected chi connectivity index (χ3v) is 4.02. The zero-order chi connectivity index (χ0) is 16.4. The number of hydrogen-bond donors (Lipinski definition) is 1. The first-order valence-electron chi connectivity index (χ1n) is 7.43. The molecule has 1 aliphatic rings. The van der Waals surface area contributed by atoms with Crippen LogP contribution in [-0.4, -0.2) is 49.5 Å². The lowest BCUT2D eigenvalue weighted by Gasteiger charge is -2.21. The summed E-state index contributed by atoms with van der Waals surface area (Å²) in [4.78, 5) is 37.0. The first kappa shape index (κ1) is 15.1. The SMILES string of the molecule is O=C(O)C1CCCN1C(=O)CCn1nnc2ccccc2c1=O. The molecule has 1 fully saturated rings. The van der Waals surface area contributed by atoms with Gasteiger partial charge in [0.2, 0.25) is 5.91 Å². The topological polar surface area (TPSA) is 105 Å². The van der Waals surface area contributed by atoms with Crippen LogP contribution in [0.5, 0.6) is 0 Å². The van der Waals surface area contributed by atoms with Gasteiger partial charge in [0.05, 0.1) is 11.9 Å².